The van der Waals surface area contributed by atoms with Gasteiger partial charge < -0.3 is 81.0 Å². The molecule has 1 saturated carbocycles. The number of nitrogens with two attached hydrogens (primary N) is 4. The fraction of sp³-hybridized carbons (Fsp3) is 0.694. The predicted molar refractivity (Wildman–Crippen MR) is 271 cm³/mol. The van der Waals surface area contributed by atoms with Gasteiger partial charge in [0.15, 0.2) is 0 Å². The fourth-order valence-corrected chi connectivity index (χ4v) is 8.76. The Labute approximate surface area is 427 Å². The van der Waals surface area contributed by atoms with Crippen molar-refractivity contribution in [3.05, 3.63) is 35.9 Å². The number of aliphatic hydroxyl groups is 2. The molecule has 0 radical (unpaired) electrons. The van der Waals surface area contributed by atoms with E-state index in [1.165, 1.54) is 6.92 Å². The third kappa shape index (κ3) is 19.5. The molecule has 24 heteroatoms. The summed E-state index contributed by atoms with van der Waals surface area (Å²) in [6.45, 7) is 5.91. The van der Waals surface area contributed by atoms with Crippen molar-refractivity contribution in [1.29, 1.82) is 0 Å². The van der Waals surface area contributed by atoms with Crippen molar-refractivity contribution in [2.24, 2.45) is 34.8 Å². The molecule has 2 aliphatic rings. The zero-order chi connectivity index (χ0) is 54.3. The van der Waals surface area contributed by atoms with Gasteiger partial charge in [-0.1, -0.05) is 83.2 Å². The van der Waals surface area contributed by atoms with E-state index in [2.05, 4.69) is 54.8 Å². The molecule has 1 aromatic rings. The third-order valence-electron chi connectivity index (χ3n) is 13.1. The van der Waals surface area contributed by atoms with E-state index < -0.39 is 126 Å². The third-order valence-corrected chi connectivity index (χ3v) is 13.1. The summed E-state index contributed by atoms with van der Waals surface area (Å²) in [4.78, 5) is 126. The Morgan fingerprint density at radius 2 is 1.27 bits per heavy atom. The van der Waals surface area contributed by atoms with Crippen LogP contribution in [0.15, 0.2) is 30.3 Å². The van der Waals surface area contributed by atoms with E-state index in [-0.39, 0.29) is 77.0 Å². The second-order valence-electron chi connectivity index (χ2n) is 19.4. The number of benzene rings is 1. The van der Waals surface area contributed by atoms with E-state index >= 15 is 0 Å². The molecular formula is C49H83N13O11. The number of unbranched alkanes of at least 4 members (excludes halogenated alkanes) is 4. The molecule has 410 valence electrons. The average molecular weight is 1030 g/mol. The Balaban J connectivity index is 2.06. The summed E-state index contributed by atoms with van der Waals surface area (Å²) < 4.78 is 0. The Bertz CT molecular complexity index is 2000. The molecular weight excluding hydrogens is 947 g/mol. The summed E-state index contributed by atoms with van der Waals surface area (Å²) in [6.07, 6.45) is 1.63. The first kappa shape index (κ1) is 61.5. The first-order valence-electron chi connectivity index (χ1n) is 25.7. The first-order valence-corrected chi connectivity index (χ1v) is 25.7. The summed E-state index contributed by atoms with van der Waals surface area (Å²) >= 11 is 0. The Hall–Kier alpha value is -5.79. The number of aliphatic hydroxyl groups excluding tert-OH is 2. The standard InChI is InChI=1S/C49H83N13O11/c1-5-6-7-8-12-15-31(64)25-39(65)55-38(27-53)45(70)58-36-19-23-54-47(72)40(29(4)63)61-44(69)34(17-21-51)57-42(67)35(18-22-52)60-48(73)49(26-32(49)28(2)3)62-46(71)37(24-30-13-10-9-11-14-30)59-41(66)33(16-20-50)56-43(36)68/h9-11,13-14,28-29,31-38,40,63-64H,5-8,12,15-27,50-53H2,1-4H3,(H,54,72)(H,55,65)(H,56,68)(H,57,67)(H,58,70)(H,59,66)(H,60,73)(H,61,69)(H,62,71)/t29-,31-,32?,33+,34+,35+,36+,37-,38-,40+,49?/m1/s1. The van der Waals surface area contributed by atoms with Crippen LogP contribution in [0.2, 0.25) is 0 Å². The monoisotopic (exact) mass is 1030 g/mol. The van der Waals surface area contributed by atoms with Gasteiger partial charge in [0.2, 0.25) is 53.2 Å². The van der Waals surface area contributed by atoms with Crippen molar-refractivity contribution in [3.8, 4) is 0 Å². The largest absolute Gasteiger partial charge is 0.393 e. The first-order chi connectivity index (χ1) is 34.7. The summed E-state index contributed by atoms with van der Waals surface area (Å²) in [5.41, 5.74) is 22.7. The highest BCUT2D eigenvalue weighted by molar-refractivity contribution is 6.01. The molecule has 19 N–H and O–H groups in total. The number of rotatable bonds is 22. The molecule has 9 amide bonds. The van der Waals surface area contributed by atoms with Crippen LogP contribution < -0.4 is 70.8 Å². The molecule has 24 nitrogen and oxygen atoms in total. The van der Waals surface area contributed by atoms with Gasteiger partial charge in [0.25, 0.3) is 0 Å². The minimum absolute atomic E-state index is 0.0669. The number of hydrogen-bond acceptors (Lipinski definition) is 15. The molecule has 1 aromatic carbocycles. The molecule has 1 saturated heterocycles. The predicted octanol–water partition coefficient (Wildman–Crippen LogP) is -3.83. The lowest BCUT2D eigenvalue weighted by molar-refractivity contribution is -0.136. The number of amides is 9. The van der Waals surface area contributed by atoms with Crippen molar-refractivity contribution in [2.75, 3.05) is 32.7 Å². The molecule has 2 fully saturated rings. The molecule has 3 rings (SSSR count). The fourth-order valence-electron chi connectivity index (χ4n) is 8.76. The Morgan fingerprint density at radius 1 is 0.712 bits per heavy atom. The van der Waals surface area contributed by atoms with Gasteiger partial charge in [-0.2, -0.15) is 0 Å². The van der Waals surface area contributed by atoms with Crippen molar-refractivity contribution in [1.82, 2.24) is 47.9 Å². The minimum Gasteiger partial charge on any atom is -0.393 e. The van der Waals surface area contributed by atoms with E-state index in [4.69, 9.17) is 22.9 Å². The van der Waals surface area contributed by atoms with Gasteiger partial charge in [0.1, 0.15) is 47.8 Å². The molecule has 1 heterocycles. The highest BCUT2D eigenvalue weighted by Gasteiger charge is 2.62. The molecule has 73 heavy (non-hydrogen) atoms. The van der Waals surface area contributed by atoms with Crippen molar-refractivity contribution in [2.45, 2.75) is 171 Å². The average Bonchev–Trinajstić information content (AvgIpc) is 4.09. The van der Waals surface area contributed by atoms with Crippen LogP contribution in [0.25, 0.3) is 0 Å². The van der Waals surface area contributed by atoms with Crippen LogP contribution in [0.5, 0.6) is 0 Å². The van der Waals surface area contributed by atoms with Gasteiger partial charge in [-0.15, -0.1) is 0 Å². The molecule has 1 aliphatic carbocycles. The van der Waals surface area contributed by atoms with Crippen LogP contribution in [-0.2, 0) is 49.6 Å². The van der Waals surface area contributed by atoms with Crippen LogP contribution in [0.1, 0.15) is 110 Å². The summed E-state index contributed by atoms with van der Waals surface area (Å²) in [6, 6.07) is -1.28. The molecule has 1 aliphatic heterocycles. The number of nitrogens with one attached hydrogen (secondary N) is 9. The zero-order valence-corrected chi connectivity index (χ0v) is 42.8. The van der Waals surface area contributed by atoms with E-state index in [1.807, 2.05) is 13.8 Å². The number of carbonyl (C=O) groups excluding carboxylic acids is 9. The van der Waals surface area contributed by atoms with Crippen LogP contribution in [0.4, 0.5) is 0 Å². The van der Waals surface area contributed by atoms with Gasteiger partial charge in [0, 0.05) is 19.5 Å². The second-order valence-corrected chi connectivity index (χ2v) is 19.4. The van der Waals surface area contributed by atoms with E-state index in [9.17, 15) is 53.4 Å². The number of hydrogen-bond donors (Lipinski definition) is 15. The van der Waals surface area contributed by atoms with Crippen molar-refractivity contribution >= 4 is 53.2 Å². The van der Waals surface area contributed by atoms with Gasteiger partial charge in [-0.25, -0.2) is 0 Å². The van der Waals surface area contributed by atoms with E-state index in [0.717, 1.165) is 25.7 Å². The SMILES string of the molecule is CCCCCCC[C@@H](O)CC(=O)N[C@H](CN)C(=O)N[C@H]1CCNC(=O)[C@H]([C@@H](C)O)NC(=O)[C@H](CCN)NC(=O)[C@H](CCN)NC(=O)C2(CC2C(C)C)NC(=O)[C@@H](Cc2ccccc2)NC(=O)[C@H](CCN)NC1=O. The maximum Gasteiger partial charge on any atom is 0.246 e. The van der Waals surface area contributed by atoms with Crippen LogP contribution in [-0.4, -0.2) is 156 Å². The summed E-state index contributed by atoms with van der Waals surface area (Å²) in [7, 11) is 0. The Morgan fingerprint density at radius 3 is 1.82 bits per heavy atom. The van der Waals surface area contributed by atoms with Gasteiger partial charge in [-0.05, 0) is 82.5 Å². The zero-order valence-electron chi connectivity index (χ0n) is 42.8. The highest BCUT2D eigenvalue weighted by atomic mass is 16.3. The highest BCUT2D eigenvalue weighted by Crippen LogP contribution is 2.49. The topological polar surface area (TPSA) is 406 Å². The molecule has 11 atom stereocenters. The number of carbonyl (C=O) groups is 9. The molecule has 1 spiro atoms. The minimum atomic E-state index is -1.62. The van der Waals surface area contributed by atoms with Crippen LogP contribution in [0.3, 0.4) is 0 Å². The normalized spacial score (nSPS) is 26.2. The smallest absolute Gasteiger partial charge is 0.246 e. The maximum atomic E-state index is 14.5. The lowest BCUT2D eigenvalue weighted by Crippen LogP contribution is -2.62. The van der Waals surface area contributed by atoms with Crippen molar-refractivity contribution in [3.63, 3.8) is 0 Å². The van der Waals surface area contributed by atoms with Gasteiger partial charge in [-0.3, -0.25) is 43.2 Å². The lowest BCUT2D eigenvalue weighted by atomic mass is 10.00. The van der Waals surface area contributed by atoms with Crippen molar-refractivity contribution < 1.29 is 53.4 Å². The lowest BCUT2D eigenvalue weighted by Gasteiger charge is -2.29. The summed E-state index contributed by atoms with van der Waals surface area (Å²) in [5.74, 6) is -8.07. The molecule has 2 unspecified atom stereocenters. The molecule has 0 aromatic heterocycles. The van der Waals surface area contributed by atoms with Gasteiger partial charge >= 0.3 is 0 Å². The van der Waals surface area contributed by atoms with E-state index in [1.54, 1.807) is 30.3 Å². The maximum absolute atomic E-state index is 14.5. The second kappa shape index (κ2) is 31.1. The van der Waals surface area contributed by atoms with Crippen LogP contribution in [0, 0.1) is 11.8 Å². The van der Waals surface area contributed by atoms with E-state index in [0.29, 0.717) is 18.4 Å². The quantitative estimate of drug-likeness (QED) is 0.0495. The molecule has 0 bridgehead atoms. The summed E-state index contributed by atoms with van der Waals surface area (Å²) in [5, 5.41) is 44.7. The van der Waals surface area contributed by atoms with Gasteiger partial charge in [0.05, 0.1) is 18.6 Å². The Kier molecular flexibility index (Phi) is 26.2. The van der Waals surface area contributed by atoms with Crippen LogP contribution >= 0.6 is 0 Å².